The molecule has 0 radical (unpaired) electrons. The summed E-state index contributed by atoms with van der Waals surface area (Å²) in [6.45, 7) is 6.28. The molecule has 0 bridgehead atoms. The summed E-state index contributed by atoms with van der Waals surface area (Å²) in [5.74, 6) is 0. The van der Waals surface area contributed by atoms with Gasteiger partial charge in [-0.2, -0.15) is 13.2 Å². The number of hydrogen-bond acceptors (Lipinski definition) is 3. The van der Waals surface area contributed by atoms with Gasteiger partial charge in [-0.25, -0.2) is 4.79 Å². The Bertz CT molecular complexity index is 884. The molecule has 150 valence electrons. The van der Waals surface area contributed by atoms with Crippen LogP contribution in [0.4, 0.5) is 23.7 Å². The Morgan fingerprint density at radius 3 is 2.29 bits per heavy atom. The van der Waals surface area contributed by atoms with Gasteiger partial charge in [-0.05, 0) is 73.7 Å². The molecule has 1 aliphatic heterocycles. The average Bonchev–Trinajstić information content (AvgIpc) is 2.59. The van der Waals surface area contributed by atoms with Gasteiger partial charge in [0.25, 0.3) is 0 Å². The largest absolute Gasteiger partial charge is 0.444 e. The molecule has 1 amide bonds. The number of nitrogen functional groups attached to an aromatic ring is 1. The summed E-state index contributed by atoms with van der Waals surface area (Å²) in [6.07, 6.45) is -4.16. The highest BCUT2D eigenvalue weighted by molar-refractivity contribution is 5.73. The Morgan fingerprint density at radius 2 is 1.71 bits per heavy atom. The van der Waals surface area contributed by atoms with Crippen molar-refractivity contribution in [2.24, 2.45) is 0 Å². The quantitative estimate of drug-likeness (QED) is 0.675. The maximum absolute atomic E-state index is 12.8. The van der Waals surface area contributed by atoms with Crippen LogP contribution < -0.4 is 5.73 Å². The number of fused-ring (bicyclic) bond motifs is 1. The Hall–Kier alpha value is -2.70. The molecular weight excluding hydrogens is 369 g/mol. The normalized spacial score (nSPS) is 14.6. The van der Waals surface area contributed by atoms with Crippen molar-refractivity contribution in [2.75, 3.05) is 12.3 Å². The topological polar surface area (TPSA) is 55.6 Å². The monoisotopic (exact) mass is 392 g/mol. The second-order valence-electron chi connectivity index (χ2n) is 7.93. The van der Waals surface area contributed by atoms with E-state index in [4.69, 9.17) is 10.5 Å². The van der Waals surface area contributed by atoms with Crippen molar-refractivity contribution in [1.82, 2.24) is 4.90 Å². The Morgan fingerprint density at radius 1 is 1.07 bits per heavy atom. The summed E-state index contributed by atoms with van der Waals surface area (Å²) in [6, 6.07) is 8.61. The van der Waals surface area contributed by atoms with Crippen molar-refractivity contribution in [3.8, 4) is 11.1 Å². The molecule has 0 atom stereocenters. The maximum atomic E-state index is 12.8. The fourth-order valence-corrected chi connectivity index (χ4v) is 3.23. The predicted molar refractivity (Wildman–Crippen MR) is 102 cm³/mol. The zero-order valence-electron chi connectivity index (χ0n) is 16.1. The highest BCUT2D eigenvalue weighted by Crippen LogP contribution is 2.34. The molecule has 0 saturated heterocycles. The highest BCUT2D eigenvalue weighted by Gasteiger charge is 2.30. The summed E-state index contributed by atoms with van der Waals surface area (Å²) in [5, 5.41) is 0. The molecule has 1 heterocycles. The maximum Gasteiger partial charge on any atom is 0.416 e. The van der Waals surface area contributed by atoms with Gasteiger partial charge in [-0.3, -0.25) is 0 Å². The van der Waals surface area contributed by atoms with E-state index >= 15 is 0 Å². The van der Waals surface area contributed by atoms with Gasteiger partial charge < -0.3 is 15.4 Å². The van der Waals surface area contributed by atoms with Crippen molar-refractivity contribution < 1.29 is 22.7 Å². The van der Waals surface area contributed by atoms with Crippen molar-refractivity contribution >= 4 is 11.8 Å². The number of carbonyl (C=O) groups excluding carboxylic acids is 1. The smallest absolute Gasteiger partial charge is 0.416 e. The van der Waals surface area contributed by atoms with Gasteiger partial charge in [0.15, 0.2) is 0 Å². The number of ether oxygens (including phenoxy) is 1. The standard InChI is InChI=1S/C21H23F3N2O2/c1-20(2,3)28-19(27)26-9-8-17-15(12-26)10-14(11-18(17)25)13-4-6-16(7-5-13)21(22,23)24/h4-7,10-11H,8-9,12,25H2,1-3H3. The van der Waals surface area contributed by atoms with Crippen LogP contribution >= 0.6 is 0 Å². The van der Waals surface area contributed by atoms with E-state index in [1.807, 2.05) is 26.8 Å². The second kappa shape index (κ2) is 7.04. The van der Waals surface area contributed by atoms with Gasteiger partial charge in [0.2, 0.25) is 0 Å². The minimum Gasteiger partial charge on any atom is -0.444 e. The van der Waals surface area contributed by atoms with Gasteiger partial charge in [0, 0.05) is 18.8 Å². The first-order valence-electron chi connectivity index (χ1n) is 9.01. The van der Waals surface area contributed by atoms with Gasteiger partial charge in [-0.15, -0.1) is 0 Å². The van der Waals surface area contributed by atoms with Gasteiger partial charge in [0.05, 0.1) is 5.56 Å². The molecule has 2 aromatic carbocycles. The van der Waals surface area contributed by atoms with Crippen LogP contribution in [0.1, 0.15) is 37.5 Å². The lowest BCUT2D eigenvalue weighted by atomic mass is 9.93. The van der Waals surface area contributed by atoms with Gasteiger partial charge in [0.1, 0.15) is 5.60 Å². The summed E-state index contributed by atoms with van der Waals surface area (Å²) < 4.78 is 43.8. The fourth-order valence-electron chi connectivity index (χ4n) is 3.23. The van der Waals surface area contributed by atoms with Crippen LogP contribution in [-0.4, -0.2) is 23.1 Å². The summed E-state index contributed by atoms with van der Waals surface area (Å²) in [4.78, 5) is 14.0. The van der Waals surface area contributed by atoms with Gasteiger partial charge in [-0.1, -0.05) is 12.1 Å². The van der Waals surface area contributed by atoms with E-state index in [0.717, 1.165) is 28.8 Å². The second-order valence-corrected chi connectivity index (χ2v) is 7.93. The van der Waals surface area contributed by atoms with E-state index < -0.39 is 23.4 Å². The predicted octanol–water partition coefficient (Wildman–Crippen LogP) is 5.25. The first-order valence-corrected chi connectivity index (χ1v) is 9.01. The number of nitrogens with zero attached hydrogens (tertiary/aromatic N) is 1. The molecule has 0 saturated carbocycles. The Balaban J connectivity index is 1.87. The molecule has 0 unspecified atom stereocenters. The minimum absolute atomic E-state index is 0.350. The lowest BCUT2D eigenvalue weighted by Crippen LogP contribution is -2.40. The number of benzene rings is 2. The van der Waals surface area contributed by atoms with Crippen LogP contribution in [0.15, 0.2) is 36.4 Å². The molecule has 0 aliphatic carbocycles. The number of hydrogen-bond donors (Lipinski definition) is 1. The summed E-state index contributed by atoms with van der Waals surface area (Å²) >= 11 is 0. The third kappa shape index (κ3) is 4.40. The summed E-state index contributed by atoms with van der Waals surface area (Å²) in [5.41, 5.74) is 8.69. The SMILES string of the molecule is CC(C)(C)OC(=O)N1CCc2c(N)cc(-c3ccc(C(F)(F)F)cc3)cc2C1. The number of amides is 1. The van der Waals surface area contributed by atoms with Crippen molar-refractivity contribution in [1.29, 1.82) is 0 Å². The number of alkyl halides is 3. The number of rotatable bonds is 1. The molecule has 3 rings (SSSR count). The average molecular weight is 392 g/mol. The zero-order chi connectivity index (χ0) is 20.7. The highest BCUT2D eigenvalue weighted by atomic mass is 19.4. The first-order chi connectivity index (χ1) is 12.9. The molecule has 1 aliphatic rings. The van der Waals surface area contributed by atoms with Crippen LogP contribution in [0.3, 0.4) is 0 Å². The van der Waals surface area contributed by atoms with E-state index in [0.29, 0.717) is 30.8 Å². The van der Waals surface area contributed by atoms with Crippen LogP contribution in [-0.2, 0) is 23.9 Å². The lowest BCUT2D eigenvalue weighted by Gasteiger charge is -2.32. The minimum atomic E-state index is -4.37. The molecule has 0 aromatic heterocycles. The van der Waals surface area contributed by atoms with Crippen LogP contribution in [0.5, 0.6) is 0 Å². The number of carbonyl (C=O) groups is 1. The van der Waals surface area contributed by atoms with Crippen molar-refractivity contribution in [2.45, 2.75) is 45.5 Å². The lowest BCUT2D eigenvalue weighted by molar-refractivity contribution is -0.137. The Labute approximate surface area is 162 Å². The number of anilines is 1. The zero-order valence-corrected chi connectivity index (χ0v) is 16.1. The van der Waals surface area contributed by atoms with Crippen LogP contribution in [0, 0.1) is 0 Å². The molecule has 2 N–H and O–H groups in total. The molecule has 2 aromatic rings. The van der Waals surface area contributed by atoms with E-state index in [-0.39, 0.29) is 0 Å². The van der Waals surface area contributed by atoms with E-state index in [1.165, 1.54) is 12.1 Å². The summed E-state index contributed by atoms with van der Waals surface area (Å²) in [7, 11) is 0. The molecule has 4 nitrogen and oxygen atoms in total. The number of halogens is 3. The molecule has 28 heavy (non-hydrogen) atoms. The van der Waals surface area contributed by atoms with Crippen molar-refractivity contribution in [3.63, 3.8) is 0 Å². The molecule has 7 heteroatoms. The molecular formula is C21H23F3N2O2. The fraction of sp³-hybridized carbons (Fsp3) is 0.381. The van der Waals surface area contributed by atoms with Gasteiger partial charge >= 0.3 is 12.3 Å². The van der Waals surface area contributed by atoms with Crippen LogP contribution in [0.25, 0.3) is 11.1 Å². The molecule has 0 spiro atoms. The third-order valence-corrected chi connectivity index (χ3v) is 4.57. The van der Waals surface area contributed by atoms with E-state index in [9.17, 15) is 18.0 Å². The Kier molecular flexibility index (Phi) is 5.04. The molecule has 0 fully saturated rings. The van der Waals surface area contributed by atoms with Crippen LogP contribution in [0.2, 0.25) is 0 Å². The first kappa shape index (κ1) is 20.0. The number of nitrogens with two attached hydrogens (primary N) is 1. The van der Waals surface area contributed by atoms with Crippen molar-refractivity contribution in [3.05, 3.63) is 53.1 Å². The van der Waals surface area contributed by atoms with E-state index in [1.54, 1.807) is 11.0 Å². The van der Waals surface area contributed by atoms with E-state index in [2.05, 4.69) is 0 Å². The third-order valence-electron chi connectivity index (χ3n) is 4.57.